The molecule has 0 radical (unpaired) electrons. The van der Waals surface area contributed by atoms with Crippen LogP contribution >= 0.6 is 0 Å². The number of ether oxygens (including phenoxy) is 4. The zero-order chi connectivity index (χ0) is 15.8. The Morgan fingerprint density at radius 1 is 1.45 bits per heavy atom. The highest BCUT2D eigenvalue weighted by atomic mass is 16.6. The summed E-state index contributed by atoms with van der Waals surface area (Å²) in [5.74, 6) is 0.340. The van der Waals surface area contributed by atoms with Crippen LogP contribution in [0.4, 0.5) is 0 Å². The topological polar surface area (TPSA) is 80.0 Å². The largest absolute Gasteiger partial charge is 0.493 e. The van der Waals surface area contributed by atoms with Crippen LogP contribution in [0.3, 0.4) is 0 Å². The summed E-state index contributed by atoms with van der Waals surface area (Å²) >= 11 is 0. The fourth-order valence-corrected chi connectivity index (χ4v) is 2.26. The van der Waals surface area contributed by atoms with Gasteiger partial charge in [0.1, 0.15) is 11.8 Å². The van der Waals surface area contributed by atoms with Gasteiger partial charge in [-0.25, -0.2) is 0 Å². The van der Waals surface area contributed by atoms with Crippen LogP contribution in [-0.4, -0.2) is 51.7 Å². The maximum Gasteiger partial charge on any atom is 0.322 e. The van der Waals surface area contributed by atoms with Crippen LogP contribution < -0.4 is 10.5 Å². The van der Waals surface area contributed by atoms with E-state index in [1.807, 2.05) is 24.3 Å². The Labute approximate surface area is 130 Å². The minimum Gasteiger partial charge on any atom is -0.493 e. The number of methoxy groups -OCH3 is 1. The van der Waals surface area contributed by atoms with Gasteiger partial charge in [0.15, 0.2) is 0 Å². The summed E-state index contributed by atoms with van der Waals surface area (Å²) in [6.45, 7) is 2.49. The number of carbonyl (C=O) groups excluding carboxylic acids is 1. The summed E-state index contributed by atoms with van der Waals surface area (Å²) < 4.78 is 21.3. The maximum atomic E-state index is 11.3. The number of esters is 1. The van der Waals surface area contributed by atoms with Gasteiger partial charge in [0.05, 0.1) is 39.6 Å². The van der Waals surface area contributed by atoms with E-state index in [9.17, 15) is 4.79 Å². The first kappa shape index (κ1) is 16.7. The number of benzene rings is 1. The van der Waals surface area contributed by atoms with Crippen molar-refractivity contribution in [1.82, 2.24) is 0 Å². The van der Waals surface area contributed by atoms with Crippen LogP contribution in [0.5, 0.6) is 5.75 Å². The van der Waals surface area contributed by atoms with E-state index in [1.165, 1.54) is 7.11 Å². The van der Waals surface area contributed by atoms with Gasteiger partial charge in [0, 0.05) is 6.42 Å². The number of rotatable bonds is 7. The van der Waals surface area contributed by atoms with Crippen molar-refractivity contribution < 1.29 is 23.7 Å². The third-order valence-electron chi connectivity index (χ3n) is 3.45. The molecular weight excluding hydrogens is 286 g/mol. The fraction of sp³-hybridized carbons (Fsp3) is 0.562. The van der Waals surface area contributed by atoms with Crippen LogP contribution in [-0.2, 0) is 25.4 Å². The van der Waals surface area contributed by atoms with Gasteiger partial charge in [0.2, 0.25) is 0 Å². The quantitative estimate of drug-likeness (QED) is 0.754. The Bertz CT molecular complexity index is 473. The lowest BCUT2D eigenvalue weighted by Crippen LogP contribution is -2.33. The van der Waals surface area contributed by atoms with E-state index in [-0.39, 0.29) is 6.10 Å². The molecule has 0 saturated carbocycles. The molecule has 6 heteroatoms. The van der Waals surface area contributed by atoms with Crippen molar-refractivity contribution in [2.24, 2.45) is 5.73 Å². The van der Waals surface area contributed by atoms with E-state index in [0.717, 1.165) is 17.7 Å². The van der Waals surface area contributed by atoms with Crippen LogP contribution in [0, 0.1) is 0 Å². The summed E-state index contributed by atoms with van der Waals surface area (Å²) in [5, 5.41) is 0. The van der Waals surface area contributed by atoms with Crippen LogP contribution in [0.25, 0.3) is 0 Å². The first-order valence-electron chi connectivity index (χ1n) is 7.43. The zero-order valence-corrected chi connectivity index (χ0v) is 12.8. The molecule has 2 atom stereocenters. The molecule has 1 aliphatic rings. The zero-order valence-electron chi connectivity index (χ0n) is 12.8. The van der Waals surface area contributed by atoms with Gasteiger partial charge in [-0.3, -0.25) is 4.79 Å². The van der Waals surface area contributed by atoms with Crippen molar-refractivity contribution in [3.05, 3.63) is 29.8 Å². The minimum atomic E-state index is -0.659. The molecule has 0 amide bonds. The van der Waals surface area contributed by atoms with Crippen molar-refractivity contribution in [2.45, 2.75) is 25.0 Å². The van der Waals surface area contributed by atoms with E-state index in [1.54, 1.807) is 0 Å². The van der Waals surface area contributed by atoms with Gasteiger partial charge in [-0.05, 0) is 24.1 Å². The molecule has 1 heterocycles. The van der Waals surface area contributed by atoms with Crippen LogP contribution in [0.1, 0.15) is 12.0 Å². The van der Waals surface area contributed by atoms with E-state index in [0.29, 0.717) is 32.8 Å². The summed E-state index contributed by atoms with van der Waals surface area (Å²) in [5.41, 5.74) is 6.70. The smallest absolute Gasteiger partial charge is 0.322 e. The monoisotopic (exact) mass is 309 g/mol. The third-order valence-corrected chi connectivity index (χ3v) is 3.45. The molecular formula is C16H23NO5. The second-order valence-electron chi connectivity index (χ2n) is 5.19. The second kappa shape index (κ2) is 8.73. The van der Waals surface area contributed by atoms with Gasteiger partial charge in [0.25, 0.3) is 0 Å². The van der Waals surface area contributed by atoms with Gasteiger partial charge in [-0.15, -0.1) is 0 Å². The van der Waals surface area contributed by atoms with Gasteiger partial charge >= 0.3 is 5.97 Å². The number of hydrogen-bond donors (Lipinski definition) is 1. The predicted molar refractivity (Wildman–Crippen MR) is 80.8 cm³/mol. The van der Waals surface area contributed by atoms with E-state index < -0.39 is 12.0 Å². The Balaban J connectivity index is 1.79. The van der Waals surface area contributed by atoms with Crippen LogP contribution in [0.15, 0.2) is 24.3 Å². The van der Waals surface area contributed by atoms with Gasteiger partial charge in [-0.2, -0.15) is 0 Å². The SMILES string of the molecule is COC(=O)[C@@H](N)Cc1cccc(OCC[C@H]2COCCO2)c1. The molecule has 1 aromatic carbocycles. The molecule has 0 aliphatic carbocycles. The molecule has 0 spiro atoms. The molecule has 1 aliphatic heterocycles. The molecule has 2 N–H and O–H groups in total. The van der Waals surface area contributed by atoms with Gasteiger partial charge in [-0.1, -0.05) is 12.1 Å². The number of nitrogens with two attached hydrogens (primary N) is 1. The van der Waals surface area contributed by atoms with Crippen molar-refractivity contribution in [2.75, 3.05) is 33.5 Å². The van der Waals surface area contributed by atoms with Crippen molar-refractivity contribution in [3.63, 3.8) is 0 Å². The summed E-state index contributed by atoms with van der Waals surface area (Å²) in [7, 11) is 1.33. The van der Waals surface area contributed by atoms with Gasteiger partial charge < -0.3 is 24.7 Å². The molecule has 0 aromatic heterocycles. The molecule has 1 fully saturated rings. The highest BCUT2D eigenvalue weighted by Gasteiger charge is 2.15. The lowest BCUT2D eigenvalue weighted by Gasteiger charge is -2.22. The molecule has 6 nitrogen and oxygen atoms in total. The maximum absolute atomic E-state index is 11.3. The van der Waals surface area contributed by atoms with Crippen molar-refractivity contribution in [3.8, 4) is 5.75 Å². The number of carbonyl (C=O) groups is 1. The Morgan fingerprint density at radius 3 is 3.05 bits per heavy atom. The molecule has 0 bridgehead atoms. The third kappa shape index (κ3) is 5.29. The highest BCUT2D eigenvalue weighted by molar-refractivity contribution is 5.75. The van der Waals surface area contributed by atoms with E-state index in [2.05, 4.69) is 4.74 Å². The summed E-state index contributed by atoms with van der Waals surface area (Å²) in [6, 6.07) is 6.91. The van der Waals surface area contributed by atoms with Crippen molar-refractivity contribution in [1.29, 1.82) is 0 Å². The summed E-state index contributed by atoms with van der Waals surface area (Å²) in [6.07, 6.45) is 1.31. The minimum absolute atomic E-state index is 0.102. The molecule has 122 valence electrons. The van der Waals surface area contributed by atoms with E-state index in [4.69, 9.17) is 19.9 Å². The predicted octanol–water partition coefficient (Wildman–Crippen LogP) is 0.914. The molecule has 1 saturated heterocycles. The van der Waals surface area contributed by atoms with Crippen molar-refractivity contribution >= 4 is 5.97 Å². The Morgan fingerprint density at radius 2 is 2.32 bits per heavy atom. The molecule has 1 aromatic rings. The number of hydrogen-bond acceptors (Lipinski definition) is 6. The first-order valence-corrected chi connectivity index (χ1v) is 7.43. The fourth-order valence-electron chi connectivity index (χ4n) is 2.26. The molecule has 22 heavy (non-hydrogen) atoms. The average molecular weight is 309 g/mol. The molecule has 2 rings (SSSR count). The first-order chi connectivity index (χ1) is 10.7. The second-order valence-corrected chi connectivity index (χ2v) is 5.19. The summed E-state index contributed by atoms with van der Waals surface area (Å²) in [4.78, 5) is 11.3. The highest BCUT2D eigenvalue weighted by Crippen LogP contribution is 2.16. The normalized spacial score (nSPS) is 19.5. The molecule has 0 unspecified atom stereocenters. The Kier molecular flexibility index (Phi) is 6.64. The average Bonchev–Trinajstić information content (AvgIpc) is 2.55. The standard InChI is InChI=1S/C16H23NO5/c1-19-16(18)15(17)10-12-3-2-4-13(9-12)21-6-5-14-11-20-7-8-22-14/h2-4,9,14-15H,5-8,10-11,17H2,1H3/t14-,15-/m0/s1. The van der Waals surface area contributed by atoms with Crippen LogP contribution in [0.2, 0.25) is 0 Å². The van der Waals surface area contributed by atoms with E-state index >= 15 is 0 Å². The lowest BCUT2D eigenvalue weighted by molar-refractivity contribution is -0.142. The lowest BCUT2D eigenvalue weighted by atomic mass is 10.1. The Hall–Kier alpha value is -1.63.